The molecule has 1 rings (SSSR count). The number of hydrogen-bond donors (Lipinski definition) is 3. The molecule has 0 bridgehead atoms. The van der Waals surface area contributed by atoms with Gasteiger partial charge in [0.05, 0.1) is 0 Å². The Bertz CT molecular complexity index is 359. The molecular formula is C9H11F2N3O. The highest BCUT2D eigenvalue weighted by Crippen LogP contribution is 2.21. The van der Waals surface area contributed by atoms with Crippen molar-refractivity contribution in [1.29, 1.82) is 0 Å². The van der Waals surface area contributed by atoms with Gasteiger partial charge in [-0.3, -0.25) is 4.79 Å². The minimum absolute atomic E-state index is 0.00323. The van der Waals surface area contributed by atoms with Gasteiger partial charge in [-0.05, 0) is 12.1 Å². The molecule has 0 aromatic heterocycles. The Morgan fingerprint density at radius 2 is 1.87 bits per heavy atom. The summed E-state index contributed by atoms with van der Waals surface area (Å²) in [4.78, 5) is 10.4. The number of anilines is 2. The Kier molecular flexibility index (Phi) is 3.43. The number of carbonyl (C=O) groups excluding carboxylic acids is 1. The fourth-order valence-electron chi connectivity index (χ4n) is 1.07. The first-order valence-electron chi connectivity index (χ1n) is 4.27. The van der Waals surface area contributed by atoms with Gasteiger partial charge in [0, 0.05) is 18.7 Å². The average Bonchev–Trinajstić information content (AvgIpc) is 2.08. The molecular weight excluding hydrogens is 204 g/mol. The lowest BCUT2D eigenvalue weighted by Gasteiger charge is -2.08. The predicted molar refractivity (Wildman–Crippen MR) is 53.1 cm³/mol. The highest BCUT2D eigenvalue weighted by Gasteiger charge is 2.09. The van der Waals surface area contributed by atoms with Crippen molar-refractivity contribution >= 4 is 17.3 Å². The van der Waals surface area contributed by atoms with Crippen LogP contribution < -0.4 is 16.8 Å². The third-order valence-electron chi connectivity index (χ3n) is 1.74. The summed E-state index contributed by atoms with van der Waals surface area (Å²) in [5.41, 5.74) is 9.80. The molecule has 0 saturated carbocycles. The van der Waals surface area contributed by atoms with E-state index in [4.69, 9.17) is 11.5 Å². The van der Waals surface area contributed by atoms with E-state index >= 15 is 0 Å². The van der Waals surface area contributed by atoms with Crippen LogP contribution in [0.15, 0.2) is 12.1 Å². The number of carbonyl (C=O) groups is 1. The van der Waals surface area contributed by atoms with Crippen LogP contribution in [-0.4, -0.2) is 12.5 Å². The van der Waals surface area contributed by atoms with Crippen molar-refractivity contribution in [3.05, 3.63) is 23.8 Å². The molecule has 0 fully saturated rings. The Morgan fingerprint density at radius 1 is 1.33 bits per heavy atom. The van der Waals surface area contributed by atoms with E-state index in [1.165, 1.54) is 0 Å². The third-order valence-corrected chi connectivity index (χ3v) is 1.74. The monoisotopic (exact) mass is 215 g/mol. The van der Waals surface area contributed by atoms with Crippen LogP contribution in [0.25, 0.3) is 0 Å². The zero-order chi connectivity index (χ0) is 11.4. The van der Waals surface area contributed by atoms with Crippen molar-refractivity contribution in [3.8, 4) is 0 Å². The van der Waals surface area contributed by atoms with Gasteiger partial charge < -0.3 is 16.8 Å². The summed E-state index contributed by atoms with van der Waals surface area (Å²) in [7, 11) is 0. The lowest BCUT2D eigenvalue weighted by molar-refractivity contribution is -0.117. The van der Waals surface area contributed by atoms with E-state index < -0.39 is 17.5 Å². The number of nitrogen functional groups attached to an aromatic ring is 1. The van der Waals surface area contributed by atoms with Crippen LogP contribution in [0.3, 0.4) is 0 Å². The molecule has 0 saturated heterocycles. The smallest absolute Gasteiger partial charge is 0.219 e. The van der Waals surface area contributed by atoms with Crippen LogP contribution >= 0.6 is 0 Å². The Balaban J connectivity index is 2.72. The SMILES string of the molecule is NC(=O)CCNc1c(F)cc(N)cc1F. The maximum Gasteiger partial charge on any atom is 0.219 e. The number of halogens is 2. The van der Waals surface area contributed by atoms with Gasteiger partial charge in [-0.1, -0.05) is 0 Å². The zero-order valence-corrected chi connectivity index (χ0v) is 7.89. The molecule has 0 aliphatic rings. The summed E-state index contributed by atoms with van der Waals surface area (Å²) in [5.74, 6) is -2.13. The molecule has 82 valence electrons. The van der Waals surface area contributed by atoms with Crippen LogP contribution in [-0.2, 0) is 4.79 Å². The average molecular weight is 215 g/mol. The number of rotatable bonds is 4. The maximum absolute atomic E-state index is 13.1. The van der Waals surface area contributed by atoms with Crippen LogP contribution in [0.2, 0.25) is 0 Å². The van der Waals surface area contributed by atoms with Gasteiger partial charge in [0.25, 0.3) is 0 Å². The molecule has 1 aromatic rings. The number of benzene rings is 1. The normalized spacial score (nSPS) is 10.0. The van der Waals surface area contributed by atoms with Crippen molar-refractivity contribution in [2.45, 2.75) is 6.42 Å². The molecule has 0 aliphatic carbocycles. The summed E-state index contributed by atoms with van der Waals surface area (Å²) >= 11 is 0. The van der Waals surface area contributed by atoms with Crippen molar-refractivity contribution in [2.75, 3.05) is 17.6 Å². The molecule has 6 heteroatoms. The molecule has 0 radical (unpaired) electrons. The van der Waals surface area contributed by atoms with Crippen LogP contribution in [0, 0.1) is 11.6 Å². The van der Waals surface area contributed by atoms with Crippen molar-refractivity contribution in [1.82, 2.24) is 0 Å². The first-order valence-corrected chi connectivity index (χ1v) is 4.27. The van der Waals surface area contributed by atoms with Crippen LogP contribution in [0.5, 0.6) is 0 Å². The molecule has 15 heavy (non-hydrogen) atoms. The van der Waals surface area contributed by atoms with Gasteiger partial charge in [0.1, 0.15) is 5.69 Å². The highest BCUT2D eigenvalue weighted by molar-refractivity contribution is 5.74. The largest absolute Gasteiger partial charge is 0.399 e. The Morgan fingerprint density at radius 3 is 2.33 bits per heavy atom. The standard InChI is InChI=1S/C9H11F2N3O/c10-6-3-5(12)4-7(11)9(6)14-2-1-8(13)15/h3-4,14H,1-2,12H2,(H2,13,15). The fraction of sp³-hybridized carbons (Fsp3) is 0.222. The quantitative estimate of drug-likeness (QED) is 0.651. The summed E-state index contributed by atoms with van der Waals surface area (Å²) < 4.78 is 26.3. The molecule has 1 amide bonds. The van der Waals surface area contributed by atoms with Crippen molar-refractivity contribution < 1.29 is 13.6 Å². The number of primary amides is 1. The maximum atomic E-state index is 13.1. The number of hydrogen-bond acceptors (Lipinski definition) is 3. The third kappa shape index (κ3) is 3.08. The van der Waals surface area contributed by atoms with E-state index in [2.05, 4.69) is 5.32 Å². The van der Waals surface area contributed by atoms with Crippen LogP contribution in [0.4, 0.5) is 20.2 Å². The molecule has 5 N–H and O–H groups in total. The second-order valence-electron chi connectivity index (χ2n) is 3.00. The number of nitrogens with one attached hydrogen (secondary N) is 1. The zero-order valence-electron chi connectivity index (χ0n) is 7.89. The lowest BCUT2D eigenvalue weighted by Crippen LogP contribution is -2.16. The first kappa shape index (κ1) is 11.2. The van der Waals surface area contributed by atoms with Gasteiger partial charge in [0.2, 0.25) is 5.91 Å². The Labute approximate surface area is 85.2 Å². The van der Waals surface area contributed by atoms with E-state index in [1.54, 1.807) is 0 Å². The summed E-state index contributed by atoms with van der Waals surface area (Å²) in [6, 6.07) is 1.99. The molecule has 0 spiro atoms. The van der Waals surface area contributed by atoms with E-state index in [0.29, 0.717) is 0 Å². The van der Waals surface area contributed by atoms with Crippen molar-refractivity contribution in [2.24, 2.45) is 5.73 Å². The number of amides is 1. The minimum atomic E-state index is -0.794. The Hall–Kier alpha value is -1.85. The van der Waals surface area contributed by atoms with Crippen molar-refractivity contribution in [3.63, 3.8) is 0 Å². The van der Waals surface area contributed by atoms with Gasteiger partial charge in [-0.2, -0.15) is 0 Å². The predicted octanol–water partition coefficient (Wildman–Crippen LogP) is 0.834. The topological polar surface area (TPSA) is 81.1 Å². The summed E-state index contributed by atoms with van der Waals surface area (Å²) in [5, 5.41) is 2.43. The molecule has 0 atom stereocenters. The van der Waals surface area contributed by atoms with E-state index in [9.17, 15) is 13.6 Å². The highest BCUT2D eigenvalue weighted by atomic mass is 19.1. The lowest BCUT2D eigenvalue weighted by atomic mass is 10.2. The summed E-state index contributed by atoms with van der Waals surface area (Å²) in [6.45, 7) is 0.0765. The molecule has 0 aliphatic heterocycles. The van der Waals surface area contributed by atoms with Gasteiger partial charge in [-0.15, -0.1) is 0 Å². The summed E-state index contributed by atoms with van der Waals surface area (Å²) in [6.07, 6.45) is 0.00323. The van der Waals surface area contributed by atoms with E-state index in [-0.39, 0.29) is 24.3 Å². The van der Waals surface area contributed by atoms with Gasteiger partial charge in [-0.25, -0.2) is 8.78 Å². The molecule has 4 nitrogen and oxygen atoms in total. The van der Waals surface area contributed by atoms with E-state index in [1.807, 2.05) is 0 Å². The number of nitrogens with two attached hydrogens (primary N) is 2. The van der Waals surface area contributed by atoms with Crippen LogP contribution in [0.1, 0.15) is 6.42 Å². The second kappa shape index (κ2) is 4.59. The second-order valence-corrected chi connectivity index (χ2v) is 3.00. The first-order chi connectivity index (χ1) is 7.00. The van der Waals surface area contributed by atoms with Gasteiger partial charge >= 0.3 is 0 Å². The fourth-order valence-corrected chi connectivity index (χ4v) is 1.07. The molecule has 1 aromatic carbocycles. The molecule has 0 heterocycles. The minimum Gasteiger partial charge on any atom is -0.399 e. The van der Waals surface area contributed by atoms with E-state index in [0.717, 1.165) is 12.1 Å². The molecule has 0 unspecified atom stereocenters. The van der Waals surface area contributed by atoms with Gasteiger partial charge in [0.15, 0.2) is 11.6 Å².